The van der Waals surface area contributed by atoms with Gasteiger partial charge in [-0.2, -0.15) is 0 Å². The summed E-state index contributed by atoms with van der Waals surface area (Å²) in [7, 11) is 0. The fraction of sp³-hybridized carbons (Fsp3) is 0.600. The van der Waals surface area contributed by atoms with Crippen molar-refractivity contribution in [2.75, 3.05) is 6.54 Å². The third-order valence-corrected chi connectivity index (χ3v) is 4.38. The highest BCUT2D eigenvalue weighted by atomic mass is 79.9. The van der Waals surface area contributed by atoms with Crippen molar-refractivity contribution < 1.29 is 4.74 Å². The summed E-state index contributed by atoms with van der Waals surface area (Å²) in [5.74, 6) is 1.45. The van der Waals surface area contributed by atoms with Crippen molar-refractivity contribution in [2.45, 2.75) is 45.1 Å². The molecular formula is C15H22BrNO. The molecule has 1 fully saturated rings. The molecule has 1 aliphatic carbocycles. The molecule has 0 heterocycles. The van der Waals surface area contributed by atoms with Crippen LogP contribution in [0.15, 0.2) is 22.7 Å². The molecule has 18 heavy (non-hydrogen) atoms. The van der Waals surface area contributed by atoms with Gasteiger partial charge < -0.3 is 10.5 Å². The number of halogens is 1. The quantitative estimate of drug-likeness (QED) is 0.855. The van der Waals surface area contributed by atoms with Gasteiger partial charge in [-0.15, -0.1) is 0 Å². The lowest BCUT2D eigenvalue weighted by molar-refractivity contribution is 0.129. The predicted molar refractivity (Wildman–Crippen MR) is 78.9 cm³/mol. The number of ether oxygens (including phenoxy) is 1. The van der Waals surface area contributed by atoms with E-state index < -0.39 is 0 Å². The van der Waals surface area contributed by atoms with Crippen LogP contribution >= 0.6 is 15.9 Å². The third-order valence-electron chi connectivity index (χ3n) is 3.76. The summed E-state index contributed by atoms with van der Waals surface area (Å²) in [6.45, 7) is 2.82. The van der Waals surface area contributed by atoms with E-state index in [1.165, 1.54) is 31.2 Å². The first kappa shape index (κ1) is 13.9. The molecule has 2 unspecified atom stereocenters. The fourth-order valence-corrected chi connectivity index (χ4v) is 3.23. The van der Waals surface area contributed by atoms with E-state index in [2.05, 4.69) is 41.1 Å². The molecule has 1 aliphatic rings. The molecule has 0 aliphatic heterocycles. The van der Waals surface area contributed by atoms with Gasteiger partial charge in [0.15, 0.2) is 0 Å². The first-order valence-electron chi connectivity index (χ1n) is 6.83. The van der Waals surface area contributed by atoms with E-state index in [4.69, 9.17) is 10.5 Å². The zero-order valence-electron chi connectivity index (χ0n) is 11.0. The molecule has 0 bridgehead atoms. The van der Waals surface area contributed by atoms with E-state index in [9.17, 15) is 0 Å². The van der Waals surface area contributed by atoms with Crippen molar-refractivity contribution >= 4 is 15.9 Å². The van der Waals surface area contributed by atoms with Crippen molar-refractivity contribution in [3.63, 3.8) is 0 Å². The third kappa shape index (κ3) is 3.48. The van der Waals surface area contributed by atoms with E-state index in [1.54, 1.807) is 0 Å². The summed E-state index contributed by atoms with van der Waals surface area (Å²) in [4.78, 5) is 0. The van der Waals surface area contributed by atoms with Crippen LogP contribution < -0.4 is 10.5 Å². The lowest BCUT2D eigenvalue weighted by Crippen LogP contribution is -2.31. The Bertz CT molecular complexity index is 394. The van der Waals surface area contributed by atoms with Gasteiger partial charge in [0.2, 0.25) is 0 Å². The number of nitrogens with two attached hydrogens (primary N) is 1. The number of hydrogen-bond donors (Lipinski definition) is 1. The van der Waals surface area contributed by atoms with Crippen LogP contribution in [0.25, 0.3) is 0 Å². The van der Waals surface area contributed by atoms with Gasteiger partial charge in [0, 0.05) is 5.92 Å². The zero-order chi connectivity index (χ0) is 13.0. The Kier molecular flexibility index (Phi) is 5.07. The molecule has 2 N–H and O–H groups in total. The molecule has 1 aromatic rings. The van der Waals surface area contributed by atoms with Crippen LogP contribution in [-0.2, 0) is 0 Å². The molecule has 2 nitrogen and oxygen atoms in total. The van der Waals surface area contributed by atoms with Crippen LogP contribution in [0.2, 0.25) is 0 Å². The standard InChI is InChI=1S/C15H22BrNO/c1-11-7-8-15(13(16)9-11)18-14-6-4-2-3-5-12(14)10-17/h7-9,12,14H,2-6,10,17H2,1H3. The SMILES string of the molecule is Cc1ccc(OC2CCCCCC2CN)c(Br)c1. The average molecular weight is 312 g/mol. The summed E-state index contributed by atoms with van der Waals surface area (Å²) in [6, 6.07) is 6.25. The molecule has 0 aromatic heterocycles. The lowest BCUT2D eigenvalue weighted by atomic mass is 9.97. The van der Waals surface area contributed by atoms with Crippen molar-refractivity contribution in [3.8, 4) is 5.75 Å². The van der Waals surface area contributed by atoms with Crippen LogP contribution in [0.3, 0.4) is 0 Å². The maximum Gasteiger partial charge on any atom is 0.133 e. The monoisotopic (exact) mass is 311 g/mol. The van der Waals surface area contributed by atoms with Gasteiger partial charge in [-0.3, -0.25) is 0 Å². The van der Waals surface area contributed by atoms with Crippen molar-refractivity contribution in [3.05, 3.63) is 28.2 Å². The van der Waals surface area contributed by atoms with Gasteiger partial charge in [0.1, 0.15) is 11.9 Å². The summed E-state index contributed by atoms with van der Waals surface area (Å²) in [5.41, 5.74) is 7.13. The van der Waals surface area contributed by atoms with Gasteiger partial charge in [-0.1, -0.05) is 18.9 Å². The summed E-state index contributed by atoms with van der Waals surface area (Å²) < 4.78 is 7.24. The maximum absolute atomic E-state index is 6.20. The van der Waals surface area contributed by atoms with Gasteiger partial charge >= 0.3 is 0 Å². The Morgan fingerprint density at radius 1 is 1.28 bits per heavy atom. The molecule has 0 saturated heterocycles. The van der Waals surface area contributed by atoms with Crippen molar-refractivity contribution in [1.29, 1.82) is 0 Å². The number of aryl methyl sites for hydroxylation is 1. The molecular weight excluding hydrogens is 290 g/mol. The second-order valence-corrected chi connectivity index (χ2v) is 6.08. The molecule has 100 valence electrons. The molecule has 1 saturated carbocycles. The van der Waals surface area contributed by atoms with E-state index in [1.807, 2.05) is 0 Å². The van der Waals surface area contributed by atoms with Crippen LogP contribution in [-0.4, -0.2) is 12.6 Å². The summed E-state index contributed by atoms with van der Waals surface area (Å²) >= 11 is 3.58. The van der Waals surface area contributed by atoms with Gasteiger partial charge in [-0.25, -0.2) is 0 Å². The van der Waals surface area contributed by atoms with E-state index >= 15 is 0 Å². The Morgan fingerprint density at radius 3 is 2.78 bits per heavy atom. The minimum atomic E-state index is 0.275. The second kappa shape index (κ2) is 6.58. The summed E-state index contributed by atoms with van der Waals surface area (Å²) in [6.07, 6.45) is 6.45. The normalized spacial score (nSPS) is 24.6. The topological polar surface area (TPSA) is 35.2 Å². The molecule has 0 radical (unpaired) electrons. The molecule has 1 aromatic carbocycles. The van der Waals surface area contributed by atoms with Crippen LogP contribution in [0.5, 0.6) is 5.75 Å². The van der Waals surface area contributed by atoms with Crippen molar-refractivity contribution in [1.82, 2.24) is 0 Å². The minimum Gasteiger partial charge on any atom is -0.489 e. The largest absolute Gasteiger partial charge is 0.489 e. The lowest BCUT2D eigenvalue weighted by Gasteiger charge is -2.25. The van der Waals surface area contributed by atoms with Crippen molar-refractivity contribution in [2.24, 2.45) is 11.7 Å². The molecule has 2 rings (SSSR count). The van der Waals surface area contributed by atoms with E-state index in [0.29, 0.717) is 5.92 Å². The second-order valence-electron chi connectivity index (χ2n) is 5.22. The Labute approximate surface area is 118 Å². The summed E-state index contributed by atoms with van der Waals surface area (Å²) in [5, 5.41) is 0. The highest BCUT2D eigenvalue weighted by Crippen LogP contribution is 2.31. The molecule has 0 amide bonds. The Balaban J connectivity index is 2.10. The smallest absolute Gasteiger partial charge is 0.133 e. The highest BCUT2D eigenvalue weighted by molar-refractivity contribution is 9.10. The first-order valence-corrected chi connectivity index (χ1v) is 7.63. The number of rotatable bonds is 3. The molecule has 2 atom stereocenters. The minimum absolute atomic E-state index is 0.275. The van der Waals surface area contributed by atoms with Gasteiger partial charge in [0.05, 0.1) is 4.47 Å². The predicted octanol–water partition coefficient (Wildman–Crippen LogP) is 4.04. The van der Waals surface area contributed by atoms with Crippen LogP contribution in [0.4, 0.5) is 0 Å². The molecule has 0 spiro atoms. The van der Waals surface area contributed by atoms with E-state index in [0.717, 1.165) is 23.2 Å². The Morgan fingerprint density at radius 2 is 2.06 bits per heavy atom. The van der Waals surface area contributed by atoms with E-state index in [-0.39, 0.29) is 6.10 Å². The van der Waals surface area contributed by atoms with Gasteiger partial charge in [0.25, 0.3) is 0 Å². The first-order chi connectivity index (χ1) is 8.70. The highest BCUT2D eigenvalue weighted by Gasteiger charge is 2.24. The zero-order valence-corrected chi connectivity index (χ0v) is 12.6. The van der Waals surface area contributed by atoms with Gasteiger partial charge in [-0.05, 0) is 66.4 Å². The fourth-order valence-electron chi connectivity index (χ4n) is 2.64. The maximum atomic E-state index is 6.20. The van der Waals surface area contributed by atoms with Crippen LogP contribution in [0, 0.1) is 12.8 Å². The number of hydrogen-bond acceptors (Lipinski definition) is 2. The Hall–Kier alpha value is -0.540. The molecule has 3 heteroatoms. The number of benzene rings is 1. The van der Waals surface area contributed by atoms with Crippen LogP contribution in [0.1, 0.15) is 37.7 Å². The average Bonchev–Trinajstić information content (AvgIpc) is 2.57.